The number of methoxy groups -OCH3 is 1. The molecule has 140 valence electrons. The SMILES string of the molecule is C#CCOc1ccc(C=NNC(=O)c2cc3ccccc3cc2O)cc1OC. The molecule has 3 rings (SSSR count). The number of amides is 1. The standard InChI is InChI=1S/C22H18N2O4/c1-3-10-28-20-9-8-15(11-21(20)27-2)14-23-24-22(26)18-12-16-6-4-5-7-17(16)13-19(18)25/h1,4-9,11-14,25H,10H2,2H3,(H,24,26). The number of phenols is 1. The van der Waals surface area contributed by atoms with E-state index in [0.717, 1.165) is 10.8 Å². The van der Waals surface area contributed by atoms with E-state index < -0.39 is 5.91 Å². The van der Waals surface area contributed by atoms with Gasteiger partial charge in [-0.3, -0.25) is 4.79 Å². The molecule has 0 spiro atoms. The molecule has 6 heteroatoms. The van der Waals surface area contributed by atoms with E-state index in [1.165, 1.54) is 13.3 Å². The predicted octanol–water partition coefficient (Wildman–Crippen LogP) is 3.33. The number of carbonyl (C=O) groups excluding carboxylic acids is 1. The van der Waals surface area contributed by atoms with Crippen molar-refractivity contribution >= 4 is 22.9 Å². The average molecular weight is 374 g/mol. The molecule has 0 fully saturated rings. The predicted molar refractivity (Wildman–Crippen MR) is 108 cm³/mol. The molecule has 0 saturated carbocycles. The zero-order chi connectivity index (χ0) is 19.9. The highest BCUT2D eigenvalue weighted by molar-refractivity contribution is 6.01. The Kier molecular flexibility index (Phi) is 5.78. The van der Waals surface area contributed by atoms with E-state index >= 15 is 0 Å². The van der Waals surface area contributed by atoms with Crippen LogP contribution in [-0.2, 0) is 0 Å². The number of ether oxygens (including phenoxy) is 2. The number of terminal acetylenes is 1. The van der Waals surface area contributed by atoms with E-state index in [1.807, 2.05) is 24.3 Å². The number of fused-ring (bicyclic) bond motifs is 1. The molecular weight excluding hydrogens is 356 g/mol. The van der Waals surface area contributed by atoms with Crippen molar-refractivity contribution in [1.82, 2.24) is 5.43 Å². The molecule has 0 radical (unpaired) electrons. The summed E-state index contributed by atoms with van der Waals surface area (Å²) < 4.78 is 10.6. The van der Waals surface area contributed by atoms with E-state index in [2.05, 4.69) is 16.4 Å². The van der Waals surface area contributed by atoms with Crippen LogP contribution in [0.25, 0.3) is 10.8 Å². The Morgan fingerprint density at radius 3 is 2.64 bits per heavy atom. The molecule has 0 aliphatic heterocycles. The van der Waals surface area contributed by atoms with Crippen molar-refractivity contribution in [1.29, 1.82) is 0 Å². The second-order valence-electron chi connectivity index (χ2n) is 5.82. The maximum atomic E-state index is 12.3. The summed E-state index contributed by atoms with van der Waals surface area (Å²) in [6.07, 6.45) is 6.65. The van der Waals surface area contributed by atoms with Gasteiger partial charge in [0.25, 0.3) is 5.91 Å². The highest BCUT2D eigenvalue weighted by Crippen LogP contribution is 2.27. The lowest BCUT2D eigenvalue weighted by Crippen LogP contribution is -2.17. The van der Waals surface area contributed by atoms with Crippen molar-refractivity contribution in [2.75, 3.05) is 13.7 Å². The molecule has 0 aromatic heterocycles. The highest BCUT2D eigenvalue weighted by atomic mass is 16.5. The number of hydrogen-bond acceptors (Lipinski definition) is 5. The van der Waals surface area contributed by atoms with E-state index in [-0.39, 0.29) is 17.9 Å². The molecular formula is C22H18N2O4. The summed E-state index contributed by atoms with van der Waals surface area (Å²) in [5.41, 5.74) is 3.24. The fourth-order valence-corrected chi connectivity index (χ4v) is 2.64. The Labute approximate surface area is 162 Å². The van der Waals surface area contributed by atoms with Gasteiger partial charge in [-0.05, 0) is 46.7 Å². The Hall–Kier alpha value is -3.98. The molecule has 0 aliphatic carbocycles. The van der Waals surface area contributed by atoms with Crippen LogP contribution in [0.15, 0.2) is 59.7 Å². The molecule has 1 amide bonds. The molecule has 3 aromatic rings. The van der Waals surface area contributed by atoms with Gasteiger partial charge in [0, 0.05) is 0 Å². The number of hydrazone groups is 1. The van der Waals surface area contributed by atoms with Crippen LogP contribution in [0, 0.1) is 12.3 Å². The number of carbonyl (C=O) groups is 1. The molecule has 0 aliphatic rings. The minimum absolute atomic E-state index is 0.108. The maximum Gasteiger partial charge on any atom is 0.275 e. The van der Waals surface area contributed by atoms with Crippen molar-refractivity contribution in [2.45, 2.75) is 0 Å². The summed E-state index contributed by atoms with van der Waals surface area (Å²) in [6, 6.07) is 15.8. The minimum atomic E-state index is -0.513. The number of phenolic OH excluding ortho intramolecular Hbond substituents is 1. The van der Waals surface area contributed by atoms with E-state index in [4.69, 9.17) is 15.9 Å². The number of benzene rings is 3. The molecule has 0 atom stereocenters. The molecule has 0 saturated heterocycles. The van der Waals surface area contributed by atoms with Gasteiger partial charge >= 0.3 is 0 Å². The quantitative estimate of drug-likeness (QED) is 0.394. The van der Waals surface area contributed by atoms with E-state index in [0.29, 0.717) is 17.1 Å². The summed E-state index contributed by atoms with van der Waals surface area (Å²) >= 11 is 0. The fourth-order valence-electron chi connectivity index (χ4n) is 2.64. The average Bonchev–Trinajstić information content (AvgIpc) is 2.72. The number of aromatic hydroxyl groups is 1. The summed E-state index contributed by atoms with van der Waals surface area (Å²) in [5, 5.41) is 15.7. The van der Waals surface area contributed by atoms with Crippen LogP contribution in [0.1, 0.15) is 15.9 Å². The molecule has 0 unspecified atom stereocenters. The van der Waals surface area contributed by atoms with Gasteiger partial charge in [-0.15, -0.1) is 6.42 Å². The second kappa shape index (κ2) is 8.60. The molecule has 3 aromatic carbocycles. The van der Waals surface area contributed by atoms with Gasteiger partial charge in [0.05, 0.1) is 18.9 Å². The van der Waals surface area contributed by atoms with Crippen LogP contribution in [0.5, 0.6) is 17.2 Å². The van der Waals surface area contributed by atoms with E-state index in [1.54, 1.807) is 30.3 Å². The van der Waals surface area contributed by atoms with Crippen molar-refractivity contribution in [3.05, 3.63) is 65.7 Å². The summed E-state index contributed by atoms with van der Waals surface area (Å²) in [6.45, 7) is 0.134. The van der Waals surface area contributed by atoms with Crippen molar-refractivity contribution in [3.8, 4) is 29.6 Å². The van der Waals surface area contributed by atoms with Gasteiger partial charge in [0.1, 0.15) is 12.4 Å². The normalized spacial score (nSPS) is 10.6. The first kappa shape index (κ1) is 18.8. The summed E-state index contributed by atoms with van der Waals surface area (Å²) in [5.74, 6) is 2.78. The topological polar surface area (TPSA) is 80.2 Å². The monoisotopic (exact) mass is 374 g/mol. The number of nitrogens with one attached hydrogen (secondary N) is 1. The molecule has 6 nitrogen and oxygen atoms in total. The van der Waals surface area contributed by atoms with Gasteiger partial charge in [-0.1, -0.05) is 30.2 Å². The van der Waals surface area contributed by atoms with Gasteiger partial charge in [-0.2, -0.15) is 5.10 Å². The van der Waals surface area contributed by atoms with Gasteiger partial charge < -0.3 is 14.6 Å². The third-order valence-electron chi connectivity index (χ3n) is 3.99. The van der Waals surface area contributed by atoms with Crippen LogP contribution < -0.4 is 14.9 Å². The summed E-state index contributed by atoms with van der Waals surface area (Å²) in [4.78, 5) is 12.3. The first-order chi connectivity index (χ1) is 13.6. The number of nitrogens with zero attached hydrogens (tertiary/aromatic N) is 1. The van der Waals surface area contributed by atoms with Crippen molar-refractivity contribution < 1.29 is 19.4 Å². The maximum absolute atomic E-state index is 12.3. The first-order valence-corrected chi connectivity index (χ1v) is 8.42. The van der Waals surface area contributed by atoms with Crippen molar-refractivity contribution in [3.63, 3.8) is 0 Å². The zero-order valence-corrected chi connectivity index (χ0v) is 15.2. The lowest BCUT2D eigenvalue weighted by molar-refractivity contribution is 0.0952. The Morgan fingerprint density at radius 2 is 1.93 bits per heavy atom. The summed E-state index contributed by atoms with van der Waals surface area (Å²) in [7, 11) is 1.52. The Bertz CT molecular complexity index is 1080. The lowest BCUT2D eigenvalue weighted by Gasteiger charge is -2.09. The largest absolute Gasteiger partial charge is 0.507 e. The minimum Gasteiger partial charge on any atom is -0.507 e. The van der Waals surface area contributed by atoms with Crippen LogP contribution in [0.4, 0.5) is 0 Å². The van der Waals surface area contributed by atoms with Crippen LogP contribution >= 0.6 is 0 Å². The van der Waals surface area contributed by atoms with Crippen molar-refractivity contribution in [2.24, 2.45) is 5.10 Å². The smallest absolute Gasteiger partial charge is 0.275 e. The molecule has 2 N–H and O–H groups in total. The molecule has 0 bridgehead atoms. The number of rotatable bonds is 6. The van der Waals surface area contributed by atoms with Gasteiger partial charge in [0.15, 0.2) is 11.5 Å². The lowest BCUT2D eigenvalue weighted by atomic mass is 10.1. The van der Waals surface area contributed by atoms with Gasteiger partial charge in [0.2, 0.25) is 0 Å². The van der Waals surface area contributed by atoms with Crippen LogP contribution in [0.3, 0.4) is 0 Å². The third-order valence-corrected chi connectivity index (χ3v) is 3.99. The van der Waals surface area contributed by atoms with Gasteiger partial charge in [-0.25, -0.2) is 5.43 Å². The molecule has 28 heavy (non-hydrogen) atoms. The Morgan fingerprint density at radius 1 is 1.18 bits per heavy atom. The third kappa shape index (κ3) is 4.22. The van der Waals surface area contributed by atoms with E-state index in [9.17, 15) is 9.90 Å². The Balaban J connectivity index is 1.73. The molecule has 0 heterocycles. The fraction of sp³-hybridized carbons (Fsp3) is 0.0909. The highest BCUT2D eigenvalue weighted by Gasteiger charge is 2.12. The first-order valence-electron chi connectivity index (χ1n) is 8.42. The number of hydrogen-bond donors (Lipinski definition) is 2. The van der Waals surface area contributed by atoms with Crippen LogP contribution in [0.2, 0.25) is 0 Å². The zero-order valence-electron chi connectivity index (χ0n) is 15.2. The van der Waals surface area contributed by atoms with Crippen LogP contribution in [-0.4, -0.2) is 30.9 Å². The second-order valence-corrected chi connectivity index (χ2v) is 5.82.